The van der Waals surface area contributed by atoms with E-state index in [9.17, 15) is 9.90 Å². The number of carbonyl (C=O) groups excluding carboxylic acids is 1. The summed E-state index contributed by atoms with van der Waals surface area (Å²) in [6.07, 6.45) is 5.55. The maximum Gasteiger partial charge on any atom is 0.226 e. The van der Waals surface area contributed by atoms with Crippen LogP contribution in [-0.2, 0) is 4.79 Å². The van der Waals surface area contributed by atoms with Gasteiger partial charge >= 0.3 is 0 Å². The summed E-state index contributed by atoms with van der Waals surface area (Å²) in [5.41, 5.74) is 4.56. The Hall–Kier alpha value is -3.05. The molecule has 2 atom stereocenters. The zero-order valence-corrected chi connectivity index (χ0v) is 14.7. The van der Waals surface area contributed by atoms with E-state index in [1.165, 1.54) is 0 Å². The molecule has 26 heavy (non-hydrogen) atoms. The van der Waals surface area contributed by atoms with Gasteiger partial charge in [-0.05, 0) is 36.2 Å². The summed E-state index contributed by atoms with van der Waals surface area (Å²) in [4.78, 5) is 12.0. The minimum Gasteiger partial charge on any atom is -0.376 e. The number of aliphatic hydroxyl groups is 1. The van der Waals surface area contributed by atoms with E-state index in [2.05, 4.69) is 22.5 Å². The average molecular weight is 349 g/mol. The van der Waals surface area contributed by atoms with Gasteiger partial charge in [-0.2, -0.15) is 0 Å². The maximum absolute atomic E-state index is 12.0. The number of aliphatic hydroxyl groups excluding tert-OH is 1. The summed E-state index contributed by atoms with van der Waals surface area (Å²) < 4.78 is 0. The number of fused-ring (bicyclic) bond motifs is 1. The number of nitrogens with one attached hydrogen (secondary N) is 3. The Kier molecular flexibility index (Phi) is 5.39. The van der Waals surface area contributed by atoms with Crippen molar-refractivity contribution in [2.45, 2.75) is 25.6 Å². The molecule has 1 heterocycles. The molecule has 1 aliphatic heterocycles. The van der Waals surface area contributed by atoms with Gasteiger partial charge in [0.1, 0.15) is 6.23 Å². The lowest BCUT2D eigenvalue weighted by Crippen LogP contribution is -2.20. The van der Waals surface area contributed by atoms with Crippen LogP contribution in [0, 0.1) is 0 Å². The molecular weight excluding hydrogens is 326 g/mol. The van der Waals surface area contributed by atoms with Crippen molar-refractivity contribution in [3.8, 4) is 0 Å². The molecule has 0 saturated heterocycles. The van der Waals surface area contributed by atoms with Crippen molar-refractivity contribution in [1.29, 1.82) is 0 Å². The van der Waals surface area contributed by atoms with Crippen LogP contribution in [0.1, 0.15) is 24.5 Å². The van der Waals surface area contributed by atoms with E-state index in [1.54, 1.807) is 13.0 Å². The van der Waals surface area contributed by atoms with Crippen LogP contribution in [0.3, 0.4) is 0 Å². The van der Waals surface area contributed by atoms with E-state index in [0.717, 1.165) is 28.2 Å². The third-order valence-corrected chi connectivity index (χ3v) is 4.13. The smallest absolute Gasteiger partial charge is 0.226 e. The first-order chi connectivity index (χ1) is 12.5. The highest BCUT2D eigenvalue weighted by molar-refractivity contribution is 5.99. The first kappa shape index (κ1) is 17.8. The number of para-hydroxylation sites is 1. The van der Waals surface area contributed by atoms with E-state index in [-0.39, 0.29) is 11.9 Å². The van der Waals surface area contributed by atoms with Gasteiger partial charge in [0.15, 0.2) is 0 Å². The van der Waals surface area contributed by atoms with Crippen molar-refractivity contribution in [2.24, 2.45) is 0 Å². The summed E-state index contributed by atoms with van der Waals surface area (Å²) in [7, 11) is 0. The summed E-state index contributed by atoms with van der Waals surface area (Å²) in [6, 6.07) is 13.5. The second-order valence-electron chi connectivity index (χ2n) is 6.28. The molecule has 2 aromatic carbocycles. The van der Waals surface area contributed by atoms with Crippen molar-refractivity contribution in [2.75, 3.05) is 16.0 Å². The van der Waals surface area contributed by atoms with Crippen LogP contribution in [0.5, 0.6) is 0 Å². The van der Waals surface area contributed by atoms with E-state index in [0.29, 0.717) is 6.42 Å². The lowest BCUT2D eigenvalue weighted by molar-refractivity contribution is -0.116. The fourth-order valence-corrected chi connectivity index (χ4v) is 2.87. The Morgan fingerprint density at radius 3 is 2.69 bits per heavy atom. The summed E-state index contributed by atoms with van der Waals surface area (Å²) in [6.45, 7) is 5.48. The lowest BCUT2D eigenvalue weighted by atomic mass is 10.1. The number of hydrogen-bond acceptors (Lipinski definition) is 4. The van der Waals surface area contributed by atoms with Crippen molar-refractivity contribution in [3.63, 3.8) is 0 Å². The van der Waals surface area contributed by atoms with Gasteiger partial charge in [0.2, 0.25) is 5.91 Å². The standard InChI is InChI=1S/C21H23N3O2/c1-3-17-13-20(26)24-19-6-4-5-16(21(19)23-17)10-7-15-8-11-18(12-9-15)22-14(2)25/h3-12,14,17,22-23,25H,1,13H2,2H3,(H,24,26)/b10-7+/t14?,17-/m1/s1. The van der Waals surface area contributed by atoms with Crippen LogP contribution in [0.2, 0.25) is 0 Å². The van der Waals surface area contributed by atoms with Crippen molar-refractivity contribution in [3.05, 3.63) is 66.2 Å². The lowest BCUT2D eigenvalue weighted by Gasteiger charge is -2.15. The first-order valence-corrected chi connectivity index (χ1v) is 8.60. The molecule has 134 valence electrons. The fraction of sp³-hybridized carbons (Fsp3) is 0.190. The number of rotatable bonds is 5. The third-order valence-electron chi connectivity index (χ3n) is 4.13. The summed E-state index contributed by atoms with van der Waals surface area (Å²) in [5.74, 6) is -0.0246. The van der Waals surface area contributed by atoms with Crippen LogP contribution in [-0.4, -0.2) is 23.3 Å². The van der Waals surface area contributed by atoms with E-state index >= 15 is 0 Å². The SMILES string of the molecule is C=C[C@@H]1CC(=O)Nc2cccc(/C=C/c3ccc(NC(C)O)cc3)c2N1. The second-order valence-corrected chi connectivity index (χ2v) is 6.28. The molecule has 1 amide bonds. The molecule has 5 nitrogen and oxygen atoms in total. The molecule has 2 aromatic rings. The molecule has 1 aliphatic rings. The predicted molar refractivity (Wildman–Crippen MR) is 108 cm³/mol. The highest BCUT2D eigenvalue weighted by Gasteiger charge is 2.19. The third kappa shape index (κ3) is 4.32. The van der Waals surface area contributed by atoms with Gasteiger partial charge in [-0.25, -0.2) is 0 Å². The van der Waals surface area contributed by atoms with Gasteiger partial charge < -0.3 is 21.1 Å². The molecule has 3 rings (SSSR count). The quantitative estimate of drug-likeness (QED) is 0.375. The number of hydrogen-bond donors (Lipinski definition) is 4. The highest BCUT2D eigenvalue weighted by Crippen LogP contribution is 2.31. The van der Waals surface area contributed by atoms with E-state index in [1.807, 2.05) is 54.6 Å². The normalized spacial score (nSPS) is 17.6. The van der Waals surface area contributed by atoms with Crippen LogP contribution >= 0.6 is 0 Å². The summed E-state index contributed by atoms with van der Waals surface area (Å²) >= 11 is 0. The van der Waals surface area contributed by atoms with Gasteiger partial charge in [-0.15, -0.1) is 6.58 Å². The van der Waals surface area contributed by atoms with E-state index < -0.39 is 6.23 Å². The monoisotopic (exact) mass is 349 g/mol. The largest absolute Gasteiger partial charge is 0.376 e. The average Bonchev–Trinajstić information content (AvgIpc) is 2.78. The minimum atomic E-state index is -0.588. The highest BCUT2D eigenvalue weighted by atomic mass is 16.3. The zero-order valence-electron chi connectivity index (χ0n) is 14.7. The van der Waals surface area contributed by atoms with Crippen LogP contribution in [0.15, 0.2) is 55.1 Å². The first-order valence-electron chi connectivity index (χ1n) is 8.60. The van der Waals surface area contributed by atoms with Crippen molar-refractivity contribution < 1.29 is 9.90 Å². The van der Waals surface area contributed by atoms with Crippen LogP contribution in [0.25, 0.3) is 12.2 Å². The Morgan fingerprint density at radius 1 is 1.23 bits per heavy atom. The Bertz CT molecular complexity index is 826. The molecule has 4 N–H and O–H groups in total. The molecule has 1 unspecified atom stereocenters. The molecule has 5 heteroatoms. The van der Waals surface area contributed by atoms with Gasteiger partial charge in [-0.1, -0.05) is 42.5 Å². The molecule has 0 fully saturated rings. The zero-order chi connectivity index (χ0) is 18.5. The van der Waals surface area contributed by atoms with Crippen molar-refractivity contribution in [1.82, 2.24) is 0 Å². The minimum absolute atomic E-state index is 0.0246. The number of carbonyl (C=O) groups is 1. The maximum atomic E-state index is 12.0. The van der Waals surface area contributed by atoms with Gasteiger partial charge in [0.25, 0.3) is 0 Å². The van der Waals surface area contributed by atoms with E-state index in [4.69, 9.17) is 0 Å². The molecule has 0 bridgehead atoms. The molecule has 0 aromatic heterocycles. The van der Waals surface area contributed by atoms with Crippen molar-refractivity contribution >= 4 is 35.1 Å². The Balaban J connectivity index is 1.84. The predicted octanol–water partition coefficient (Wildman–Crippen LogP) is 3.92. The molecule has 0 radical (unpaired) electrons. The number of amides is 1. The summed E-state index contributed by atoms with van der Waals surface area (Å²) in [5, 5.41) is 18.6. The van der Waals surface area contributed by atoms with Gasteiger partial charge in [-0.3, -0.25) is 4.79 Å². The van der Waals surface area contributed by atoms with Crippen LogP contribution in [0.4, 0.5) is 17.1 Å². The van der Waals surface area contributed by atoms with Crippen LogP contribution < -0.4 is 16.0 Å². The molecule has 0 saturated carbocycles. The van der Waals surface area contributed by atoms with Gasteiger partial charge in [0, 0.05) is 5.69 Å². The Labute approximate surface area is 153 Å². The molecule has 0 aliphatic carbocycles. The number of benzene rings is 2. The second kappa shape index (κ2) is 7.89. The number of anilines is 3. The van der Waals surface area contributed by atoms with Gasteiger partial charge in [0.05, 0.1) is 23.8 Å². The fourth-order valence-electron chi connectivity index (χ4n) is 2.87. The Morgan fingerprint density at radius 2 is 2.00 bits per heavy atom. The topological polar surface area (TPSA) is 73.4 Å². The molecule has 0 spiro atoms. The molecular formula is C21H23N3O2.